The molecule has 1 N–H and O–H groups in total. The molecule has 2 aromatic carbocycles. The summed E-state index contributed by atoms with van der Waals surface area (Å²) in [6.45, 7) is 9.49. The number of oxime groups is 1. The number of carbonyl (C=O) groups excluding carboxylic acids is 1. The number of nitrogens with zero attached hydrogens (tertiary/aromatic N) is 3. The molecule has 8 nitrogen and oxygen atoms in total. The van der Waals surface area contributed by atoms with Crippen LogP contribution in [0.15, 0.2) is 47.1 Å². The minimum Gasteiger partial charge on any atom is -0.495 e. The summed E-state index contributed by atoms with van der Waals surface area (Å²) < 4.78 is 25.0. The normalized spacial score (nSPS) is 21.8. The Kier molecular flexibility index (Phi) is 7.43. The SMILES string of the molecule is COc1cc2c(cc1NC(C)=O)OCC1C2=NOC1CN1CCN(C/C(C)=C/c2cccc(F)c2)CC1. The van der Waals surface area contributed by atoms with Crippen LogP contribution in [0, 0.1) is 11.7 Å². The first-order chi connectivity index (χ1) is 17.9. The lowest BCUT2D eigenvalue weighted by atomic mass is 9.89. The summed E-state index contributed by atoms with van der Waals surface area (Å²) in [4.78, 5) is 22.3. The molecular formula is C28H33FN4O4. The molecule has 1 saturated heterocycles. The van der Waals surface area contributed by atoms with Crippen molar-refractivity contribution in [3.63, 3.8) is 0 Å². The predicted octanol–water partition coefficient (Wildman–Crippen LogP) is 3.63. The zero-order valence-corrected chi connectivity index (χ0v) is 21.5. The van der Waals surface area contributed by atoms with Crippen molar-refractivity contribution >= 4 is 23.4 Å². The average Bonchev–Trinajstić information content (AvgIpc) is 3.27. The molecule has 2 unspecified atom stereocenters. The summed E-state index contributed by atoms with van der Waals surface area (Å²) in [6, 6.07) is 10.3. The predicted molar refractivity (Wildman–Crippen MR) is 141 cm³/mol. The topological polar surface area (TPSA) is 75.6 Å². The molecule has 1 fully saturated rings. The van der Waals surface area contributed by atoms with Gasteiger partial charge in [0.2, 0.25) is 5.91 Å². The summed E-state index contributed by atoms with van der Waals surface area (Å²) in [5, 5.41) is 7.22. The number of halogens is 1. The van der Waals surface area contributed by atoms with Gasteiger partial charge in [-0.25, -0.2) is 4.39 Å². The van der Waals surface area contributed by atoms with Crippen LogP contribution in [0.1, 0.15) is 25.0 Å². The monoisotopic (exact) mass is 508 g/mol. The molecule has 5 rings (SSSR count). The first-order valence-electron chi connectivity index (χ1n) is 12.6. The molecule has 0 radical (unpaired) electrons. The third-order valence-electron chi connectivity index (χ3n) is 7.03. The Hall–Kier alpha value is -3.43. The molecule has 3 heterocycles. The van der Waals surface area contributed by atoms with E-state index in [1.807, 2.05) is 12.1 Å². The van der Waals surface area contributed by atoms with Crippen LogP contribution in [0.2, 0.25) is 0 Å². The Balaban J connectivity index is 1.16. The molecule has 3 aliphatic rings. The zero-order valence-electron chi connectivity index (χ0n) is 21.5. The highest BCUT2D eigenvalue weighted by atomic mass is 19.1. The van der Waals surface area contributed by atoms with Crippen molar-refractivity contribution in [2.45, 2.75) is 20.0 Å². The largest absolute Gasteiger partial charge is 0.495 e. The van der Waals surface area contributed by atoms with Crippen molar-refractivity contribution in [2.24, 2.45) is 11.1 Å². The molecule has 2 atom stereocenters. The van der Waals surface area contributed by atoms with Crippen LogP contribution in [0.5, 0.6) is 11.5 Å². The number of hydrogen-bond donors (Lipinski definition) is 1. The summed E-state index contributed by atoms with van der Waals surface area (Å²) >= 11 is 0. The first-order valence-corrected chi connectivity index (χ1v) is 12.6. The van der Waals surface area contributed by atoms with E-state index in [0.717, 1.165) is 56.1 Å². The molecule has 0 bridgehead atoms. The Morgan fingerprint density at radius 1 is 1.19 bits per heavy atom. The molecule has 37 heavy (non-hydrogen) atoms. The van der Waals surface area contributed by atoms with Gasteiger partial charge in [-0.15, -0.1) is 0 Å². The van der Waals surface area contributed by atoms with E-state index in [0.29, 0.717) is 23.8 Å². The van der Waals surface area contributed by atoms with Crippen molar-refractivity contribution in [1.29, 1.82) is 0 Å². The zero-order chi connectivity index (χ0) is 25.9. The van der Waals surface area contributed by atoms with E-state index >= 15 is 0 Å². The highest BCUT2D eigenvalue weighted by molar-refractivity contribution is 6.07. The van der Waals surface area contributed by atoms with Gasteiger partial charge in [0.25, 0.3) is 0 Å². The third kappa shape index (κ3) is 5.78. The third-order valence-corrected chi connectivity index (χ3v) is 7.03. The maximum Gasteiger partial charge on any atom is 0.221 e. The lowest BCUT2D eigenvalue weighted by Gasteiger charge is -2.36. The van der Waals surface area contributed by atoms with E-state index in [4.69, 9.17) is 14.3 Å². The van der Waals surface area contributed by atoms with Crippen molar-refractivity contribution in [1.82, 2.24) is 9.80 Å². The number of anilines is 1. The number of benzene rings is 2. The number of fused-ring (bicyclic) bond motifs is 3. The number of hydrogen-bond acceptors (Lipinski definition) is 7. The van der Waals surface area contributed by atoms with Gasteiger partial charge < -0.3 is 19.6 Å². The molecule has 1 amide bonds. The fourth-order valence-electron chi connectivity index (χ4n) is 5.22. The highest BCUT2D eigenvalue weighted by Crippen LogP contribution is 2.40. The van der Waals surface area contributed by atoms with Crippen molar-refractivity contribution in [3.05, 3.63) is 58.9 Å². The van der Waals surface area contributed by atoms with Gasteiger partial charge in [0.05, 0.1) is 18.7 Å². The van der Waals surface area contributed by atoms with Crippen molar-refractivity contribution in [3.8, 4) is 11.5 Å². The molecule has 0 aromatic heterocycles. The second kappa shape index (κ2) is 10.9. The lowest BCUT2D eigenvalue weighted by molar-refractivity contribution is -0.114. The molecule has 0 spiro atoms. The number of amides is 1. The van der Waals surface area contributed by atoms with Gasteiger partial charge in [0, 0.05) is 57.8 Å². The fourth-order valence-corrected chi connectivity index (χ4v) is 5.22. The number of carbonyl (C=O) groups is 1. The molecule has 196 valence electrons. The minimum absolute atomic E-state index is 0.0401. The number of nitrogens with one attached hydrogen (secondary N) is 1. The van der Waals surface area contributed by atoms with Crippen LogP contribution in [-0.2, 0) is 9.63 Å². The van der Waals surface area contributed by atoms with Crippen LogP contribution in [-0.4, -0.2) is 80.5 Å². The van der Waals surface area contributed by atoms with Gasteiger partial charge in [-0.3, -0.25) is 14.6 Å². The highest BCUT2D eigenvalue weighted by Gasteiger charge is 2.41. The lowest BCUT2D eigenvalue weighted by Crippen LogP contribution is -2.50. The maximum atomic E-state index is 13.5. The standard InChI is InChI=1S/C28H33FN4O4/c1-18(11-20-5-4-6-21(29)12-20)15-32-7-9-33(10-8-32)16-27-23-17-36-25-14-24(30-19(2)34)26(35-3)13-22(25)28(23)31-37-27/h4-6,11-14,23,27H,7-10,15-17H2,1-3H3,(H,30,34)/b18-11+. The van der Waals surface area contributed by atoms with E-state index in [-0.39, 0.29) is 23.7 Å². The molecule has 0 saturated carbocycles. The molecule has 2 aromatic rings. The minimum atomic E-state index is -0.211. The quantitative estimate of drug-likeness (QED) is 0.616. The first kappa shape index (κ1) is 25.2. The summed E-state index contributed by atoms with van der Waals surface area (Å²) in [5.41, 5.74) is 4.39. The number of methoxy groups -OCH3 is 1. The Bertz CT molecular complexity index is 1220. The second-order valence-electron chi connectivity index (χ2n) is 9.89. The van der Waals surface area contributed by atoms with E-state index in [9.17, 15) is 9.18 Å². The smallest absolute Gasteiger partial charge is 0.221 e. The van der Waals surface area contributed by atoms with Gasteiger partial charge in [-0.05, 0) is 30.7 Å². The number of rotatable bonds is 7. The van der Waals surface area contributed by atoms with Gasteiger partial charge in [0.1, 0.15) is 29.6 Å². The van der Waals surface area contributed by atoms with Gasteiger partial charge >= 0.3 is 0 Å². The van der Waals surface area contributed by atoms with Crippen LogP contribution < -0.4 is 14.8 Å². The van der Waals surface area contributed by atoms with Crippen LogP contribution >= 0.6 is 0 Å². The molecular weight excluding hydrogens is 475 g/mol. The number of ether oxygens (including phenoxy) is 2. The van der Waals surface area contributed by atoms with E-state index < -0.39 is 0 Å². The van der Waals surface area contributed by atoms with Crippen LogP contribution in [0.25, 0.3) is 6.08 Å². The van der Waals surface area contributed by atoms with Crippen molar-refractivity contribution < 1.29 is 23.5 Å². The molecule has 0 aliphatic carbocycles. The Morgan fingerprint density at radius 3 is 2.70 bits per heavy atom. The number of piperazine rings is 1. The van der Waals surface area contributed by atoms with E-state index in [1.54, 1.807) is 25.3 Å². The van der Waals surface area contributed by atoms with Crippen LogP contribution in [0.3, 0.4) is 0 Å². The van der Waals surface area contributed by atoms with Crippen molar-refractivity contribution in [2.75, 3.05) is 58.3 Å². The van der Waals surface area contributed by atoms with Gasteiger partial charge in [-0.1, -0.05) is 28.9 Å². The molecule has 3 aliphatic heterocycles. The van der Waals surface area contributed by atoms with Gasteiger partial charge in [-0.2, -0.15) is 0 Å². The maximum absolute atomic E-state index is 13.5. The fraction of sp³-hybridized carbons (Fsp3) is 0.429. The van der Waals surface area contributed by atoms with Gasteiger partial charge in [0.15, 0.2) is 6.10 Å². The Morgan fingerprint density at radius 2 is 1.97 bits per heavy atom. The molecule has 9 heteroatoms. The Labute approximate surface area is 216 Å². The summed E-state index contributed by atoms with van der Waals surface area (Å²) in [6.07, 6.45) is 1.97. The summed E-state index contributed by atoms with van der Waals surface area (Å²) in [5.74, 6) is 0.878. The summed E-state index contributed by atoms with van der Waals surface area (Å²) in [7, 11) is 1.57. The van der Waals surface area contributed by atoms with Crippen LogP contribution in [0.4, 0.5) is 10.1 Å². The average molecular weight is 509 g/mol. The second-order valence-corrected chi connectivity index (χ2v) is 9.89. The van der Waals surface area contributed by atoms with E-state index in [2.05, 4.69) is 33.3 Å². The van der Waals surface area contributed by atoms with E-state index in [1.165, 1.54) is 18.6 Å².